The van der Waals surface area contributed by atoms with Crippen molar-refractivity contribution >= 4 is 11.3 Å². The lowest BCUT2D eigenvalue weighted by Crippen LogP contribution is -2.26. The van der Waals surface area contributed by atoms with Gasteiger partial charge in [-0.1, -0.05) is 20.8 Å². The lowest BCUT2D eigenvalue weighted by Gasteiger charge is -2.33. The van der Waals surface area contributed by atoms with Gasteiger partial charge in [0.15, 0.2) is 0 Å². The summed E-state index contributed by atoms with van der Waals surface area (Å²) in [6.45, 7) is 7.62. The van der Waals surface area contributed by atoms with Crippen LogP contribution in [0.4, 0.5) is 0 Å². The fourth-order valence-electron chi connectivity index (χ4n) is 2.25. The van der Waals surface area contributed by atoms with Crippen molar-refractivity contribution in [3.05, 3.63) is 15.6 Å². The number of nitrogens with zero attached hydrogens (tertiary/aromatic N) is 1. The summed E-state index contributed by atoms with van der Waals surface area (Å²) in [5.41, 5.74) is 7.37. The maximum absolute atomic E-state index is 5.63. The van der Waals surface area contributed by atoms with Crippen LogP contribution in [-0.4, -0.2) is 4.98 Å². The molecular weight excluding hydrogens is 204 g/mol. The molecule has 3 heteroatoms. The van der Waals surface area contributed by atoms with Crippen molar-refractivity contribution in [1.82, 2.24) is 4.98 Å². The number of nitrogens with two attached hydrogens (primary N) is 1. The zero-order valence-electron chi connectivity index (χ0n) is 9.84. The van der Waals surface area contributed by atoms with Gasteiger partial charge < -0.3 is 5.73 Å². The van der Waals surface area contributed by atoms with E-state index in [1.807, 2.05) is 11.3 Å². The van der Waals surface area contributed by atoms with Crippen LogP contribution >= 0.6 is 11.3 Å². The first-order chi connectivity index (χ1) is 7.00. The zero-order chi connectivity index (χ0) is 11.1. The molecule has 0 saturated heterocycles. The van der Waals surface area contributed by atoms with Crippen molar-refractivity contribution in [2.24, 2.45) is 17.1 Å². The Labute approximate surface area is 95.9 Å². The summed E-state index contributed by atoms with van der Waals surface area (Å²) >= 11 is 1.82. The third kappa shape index (κ3) is 2.23. The van der Waals surface area contributed by atoms with Gasteiger partial charge in [0, 0.05) is 11.4 Å². The normalized spacial score (nSPS) is 21.5. The highest BCUT2D eigenvalue weighted by molar-refractivity contribution is 7.11. The van der Waals surface area contributed by atoms with Gasteiger partial charge in [-0.15, -0.1) is 11.3 Å². The number of aryl methyl sites for hydroxylation is 1. The Bertz CT molecular complexity index is 349. The molecule has 0 bridgehead atoms. The highest BCUT2D eigenvalue weighted by Crippen LogP contribution is 2.38. The molecule has 84 valence electrons. The first-order valence-corrected chi connectivity index (χ1v) is 6.50. The van der Waals surface area contributed by atoms with E-state index in [2.05, 4.69) is 25.8 Å². The van der Waals surface area contributed by atoms with Gasteiger partial charge in [-0.3, -0.25) is 0 Å². The van der Waals surface area contributed by atoms with E-state index in [4.69, 9.17) is 5.73 Å². The van der Waals surface area contributed by atoms with Crippen LogP contribution in [0.2, 0.25) is 0 Å². The van der Waals surface area contributed by atoms with Crippen molar-refractivity contribution in [2.75, 3.05) is 0 Å². The topological polar surface area (TPSA) is 38.9 Å². The summed E-state index contributed by atoms with van der Waals surface area (Å²) in [7, 11) is 0. The molecule has 2 N–H and O–H groups in total. The molecule has 1 unspecified atom stereocenters. The Kier molecular flexibility index (Phi) is 2.86. The predicted octanol–water partition coefficient (Wildman–Crippen LogP) is 2.75. The molecule has 1 aliphatic carbocycles. The molecule has 2 nitrogen and oxygen atoms in total. The third-order valence-corrected chi connectivity index (χ3v) is 4.53. The average Bonchev–Trinajstić information content (AvgIpc) is 2.57. The minimum absolute atomic E-state index is 0.421. The number of thiazole rings is 1. The van der Waals surface area contributed by atoms with E-state index in [1.165, 1.54) is 23.4 Å². The molecule has 0 radical (unpaired) electrons. The highest BCUT2D eigenvalue weighted by Gasteiger charge is 2.30. The smallest absolute Gasteiger partial charge is 0.107 e. The van der Waals surface area contributed by atoms with E-state index >= 15 is 0 Å². The quantitative estimate of drug-likeness (QED) is 0.796. The van der Waals surface area contributed by atoms with Crippen molar-refractivity contribution in [3.63, 3.8) is 0 Å². The summed E-state index contributed by atoms with van der Waals surface area (Å²) in [6, 6.07) is 0. The van der Waals surface area contributed by atoms with E-state index < -0.39 is 0 Å². The van der Waals surface area contributed by atoms with Gasteiger partial charge in [0.2, 0.25) is 0 Å². The second-order valence-electron chi connectivity index (χ2n) is 5.49. The first-order valence-electron chi connectivity index (χ1n) is 5.68. The third-order valence-electron chi connectivity index (χ3n) is 3.38. The molecule has 0 saturated carbocycles. The van der Waals surface area contributed by atoms with Crippen molar-refractivity contribution < 1.29 is 0 Å². The first kappa shape index (κ1) is 11.1. The molecule has 15 heavy (non-hydrogen) atoms. The van der Waals surface area contributed by atoms with E-state index in [-0.39, 0.29) is 0 Å². The van der Waals surface area contributed by atoms with E-state index in [0.717, 1.165) is 17.3 Å². The zero-order valence-corrected chi connectivity index (χ0v) is 10.7. The van der Waals surface area contributed by atoms with Crippen LogP contribution in [0, 0.1) is 11.3 Å². The van der Waals surface area contributed by atoms with Gasteiger partial charge in [0.1, 0.15) is 5.01 Å². The largest absolute Gasteiger partial charge is 0.325 e. The second kappa shape index (κ2) is 3.87. The molecule has 2 rings (SSSR count). The Morgan fingerprint density at radius 3 is 2.80 bits per heavy atom. The molecule has 1 heterocycles. The molecule has 1 aromatic heterocycles. The van der Waals surface area contributed by atoms with Gasteiger partial charge in [-0.05, 0) is 30.6 Å². The highest BCUT2D eigenvalue weighted by atomic mass is 32.1. The molecule has 1 aliphatic rings. The fourth-order valence-corrected chi connectivity index (χ4v) is 3.33. The maximum atomic E-state index is 5.63. The fraction of sp³-hybridized carbons (Fsp3) is 0.750. The van der Waals surface area contributed by atoms with E-state index in [9.17, 15) is 0 Å². The van der Waals surface area contributed by atoms with Crippen LogP contribution in [0.25, 0.3) is 0 Å². The molecule has 0 aliphatic heterocycles. The number of fused-ring (bicyclic) bond motifs is 1. The number of hydrogen-bond acceptors (Lipinski definition) is 3. The summed E-state index contributed by atoms with van der Waals surface area (Å²) < 4.78 is 0. The Hall–Kier alpha value is -0.410. The second-order valence-corrected chi connectivity index (χ2v) is 6.66. The van der Waals surface area contributed by atoms with Crippen molar-refractivity contribution in [2.45, 2.75) is 46.6 Å². The summed E-state index contributed by atoms with van der Waals surface area (Å²) in [4.78, 5) is 6.07. The van der Waals surface area contributed by atoms with Crippen molar-refractivity contribution in [3.8, 4) is 0 Å². The van der Waals surface area contributed by atoms with Crippen LogP contribution in [0.3, 0.4) is 0 Å². The predicted molar refractivity (Wildman–Crippen MR) is 65.0 cm³/mol. The average molecular weight is 224 g/mol. The van der Waals surface area contributed by atoms with Crippen LogP contribution in [0.5, 0.6) is 0 Å². The lowest BCUT2D eigenvalue weighted by atomic mass is 9.73. The molecular formula is C12H20N2S. The van der Waals surface area contributed by atoms with Crippen LogP contribution < -0.4 is 5.73 Å². The Morgan fingerprint density at radius 1 is 1.47 bits per heavy atom. The standard InChI is InChI=1S/C12H20N2S/c1-12(2,3)8-4-5-9-10(6-8)15-11(7-13)14-9/h8H,4-7,13H2,1-3H3. The monoisotopic (exact) mass is 224 g/mol. The molecule has 0 fully saturated rings. The van der Waals surface area contributed by atoms with Crippen molar-refractivity contribution in [1.29, 1.82) is 0 Å². The molecule has 0 amide bonds. The number of rotatable bonds is 1. The SMILES string of the molecule is CC(C)(C)C1CCc2nc(CN)sc2C1. The minimum atomic E-state index is 0.421. The molecule has 1 atom stereocenters. The summed E-state index contributed by atoms with van der Waals surface area (Å²) in [5.74, 6) is 0.802. The lowest BCUT2D eigenvalue weighted by molar-refractivity contribution is 0.217. The molecule has 0 aromatic carbocycles. The van der Waals surface area contributed by atoms with Crippen LogP contribution in [0.15, 0.2) is 0 Å². The summed E-state index contributed by atoms with van der Waals surface area (Å²) in [5, 5.41) is 1.11. The minimum Gasteiger partial charge on any atom is -0.325 e. The summed E-state index contributed by atoms with van der Waals surface area (Å²) in [6.07, 6.45) is 3.63. The van der Waals surface area contributed by atoms with Gasteiger partial charge in [-0.2, -0.15) is 0 Å². The maximum Gasteiger partial charge on any atom is 0.107 e. The van der Waals surface area contributed by atoms with E-state index in [1.54, 1.807) is 0 Å². The molecule has 1 aromatic rings. The van der Waals surface area contributed by atoms with Crippen LogP contribution in [-0.2, 0) is 19.4 Å². The van der Waals surface area contributed by atoms with Gasteiger partial charge in [0.25, 0.3) is 0 Å². The molecule has 0 spiro atoms. The Balaban J connectivity index is 2.19. The van der Waals surface area contributed by atoms with Gasteiger partial charge in [0.05, 0.1) is 5.69 Å². The van der Waals surface area contributed by atoms with Gasteiger partial charge >= 0.3 is 0 Å². The van der Waals surface area contributed by atoms with E-state index in [0.29, 0.717) is 12.0 Å². The number of hydrogen-bond donors (Lipinski definition) is 1. The van der Waals surface area contributed by atoms with Crippen LogP contribution in [0.1, 0.15) is 42.8 Å². The van der Waals surface area contributed by atoms with Gasteiger partial charge in [-0.25, -0.2) is 4.98 Å². The number of aromatic nitrogens is 1. The Morgan fingerprint density at radius 2 is 2.20 bits per heavy atom.